The van der Waals surface area contributed by atoms with E-state index < -0.39 is 5.97 Å². The van der Waals surface area contributed by atoms with Crippen LogP contribution in [0.15, 0.2) is 18.2 Å². The van der Waals surface area contributed by atoms with E-state index in [0.717, 1.165) is 19.3 Å². The molecule has 1 aromatic rings. The Morgan fingerprint density at radius 3 is 2.27 bits per heavy atom. The van der Waals surface area contributed by atoms with Crippen LogP contribution in [0.1, 0.15) is 45.4 Å². The van der Waals surface area contributed by atoms with Crippen molar-refractivity contribution in [1.82, 2.24) is 0 Å². The Labute approximate surface area is 140 Å². The average Bonchev–Trinajstić information content (AvgIpc) is 2.48. The number of hydrogen-bond acceptors (Lipinski definition) is 4. The molecule has 0 atom stereocenters. The summed E-state index contributed by atoms with van der Waals surface area (Å²) in [5, 5.41) is 0.548. The molecule has 1 aromatic carbocycles. The Hall–Kier alpha value is -1.26. The summed E-state index contributed by atoms with van der Waals surface area (Å²) >= 11 is 11.8. The Bertz CT molecular complexity index is 483. The highest BCUT2D eigenvalue weighted by Crippen LogP contribution is 2.32. The molecule has 0 fully saturated rings. The molecule has 0 N–H and O–H groups in total. The molecule has 0 aliphatic heterocycles. The smallest absolute Gasteiger partial charge is 0.311 e. The first-order valence-electron chi connectivity index (χ1n) is 7.35. The van der Waals surface area contributed by atoms with Crippen molar-refractivity contribution in [3.05, 3.63) is 28.2 Å². The minimum atomic E-state index is -0.478. The normalized spacial score (nSPS) is 10.3. The van der Waals surface area contributed by atoms with Crippen LogP contribution >= 0.6 is 23.2 Å². The molecule has 22 heavy (non-hydrogen) atoms. The predicted octanol–water partition coefficient (Wildman–Crippen LogP) is 4.80. The van der Waals surface area contributed by atoms with E-state index in [2.05, 4.69) is 6.92 Å². The highest BCUT2D eigenvalue weighted by molar-refractivity contribution is 6.37. The second kappa shape index (κ2) is 10.5. The van der Waals surface area contributed by atoms with E-state index >= 15 is 0 Å². The van der Waals surface area contributed by atoms with Crippen molar-refractivity contribution in [3.8, 4) is 5.75 Å². The maximum Gasteiger partial charge on any atom is 0.311 e. The summed E-state index contributed by atoms with van der Waals surface area (Å²) in [7, 11) is 0. The van der Waals surface area contributed by atoms with Gasteiger partial charge in [0.2, 0.25) is 0 Å². The highest BCUT2D eigenvalue weighted by Gasteiger charge is 2.13. The van der Waals surface area contributed by atoms with Gasteiger partial charge in [-0.3, -0.25) is 9.59 Å². The van der Waals surface area contributed by atoms with Crippen LogP contribution in [-0.4, -0.2) is 18.5 Å². The zero-order chi connectivity index (χ0) is 16.4. The zero-order valence-corrected chi connectivity index (χ0v) is 14.1. The van der Waals surface area contributed by atoms with Gasteiger partial charge in [0.1, 0.15) is 0 Å². The Morgan fingerprint density at radius 1 is 1.00 bits per heavy atom. The lowest BCUT2D eigenvalue weighted by molar-refractivity contribution is -0.144. The molecule has 0 aliphatic rings. The average molecular weight is 347 g/mol. The van der Waals surface area contributed by atoms with E-state index in [-0.39, 0.29) is 34.6 Å². The lowest BCUT2D eigenvalue weighted by atomic mass is 10.2. The Balaban J connectivity index is 2.25. The number of unbranched alkanes of at least 4 members (excludes halogenated alkanes) is 2. The molecular weight excluding hydrogens is 327 g/mol. The number of carbonyl (C=O) groups excluding carboxylic acids is 2. The number of rotatable bonds is 9. The van der Waals surface area contributed by atoms with E-state index in [1.165, 1.54) is 0 Å². The van der Waals surface area contributed by atoms with Crippen molar-refractivity contribution in [3.63, 3.8) is 0 Å². The third-order valence-corrected chi connectivity index (χ3v) is 3.50. The van der Waals surface area contributed by atoms with Crippen molar-refractivity contribution in [1.29, 1.82) is 0 Å². The van der Waals surface area contributed by atoms with Gasteiger partial charge in [0.15, 0.2) is 5.75 Å². The number of ether oxygens (including phenoxy) is 2. The summed E-state index contributed by atoms with van der Waals surface area (Å²) < 4.78 is 10.2. The van der Waals surface area contributed by atoms with E-state index in [9.17, 15) is 9.59 Å². The number of para-hydroxylation sites is 1. The number of benzene rings is 1. The monoisotopic (exact) mass is 346 g/mol. The fraction of sp³-hybridized carbons (Fsp3) is 0.500. The van der Waals surface area contributed by atoms with Gasteiger partial charge in [-0.05, 0) is 25.0 Å². The molecule has 4 nitrogen and oxygen atoms in total. The highest BCUT2D eigenvalue weighted by atomic mass is 35.5. The first kappa shape index (κ1) is 18.8. The summed E-state index contributed by atoms with van der Waals surface area (Å²) in [6.45, 7) is 2.52. The molecule has 0 radical (unpaired) electrons. The van der Waals surface area contributed by atoms with Crippen LogP contribution < -0.4 is 4.74 Å². The summed E-state index contributed by atoms with van der Waals surface area (Å²) in [4.78, 5) is 23.1. The summed E-state index contributed by atoms with van der Waals surface area (Å²) in [6.07, 6.45) is 3.65. The Kier molecular flexibility index (Phi) is 8.94. The fourth-order valence-corrected chi connectivity index (χ4v) is 2.21. The minimum absolute atomic E-state index is 0.103. The molecule has 0 saturated heterocycles. The molecule has 0 spiro atoms. The molecule has 0 aromatic heterocycles. The number of hydrogen-bond donors (Lipinski definition) is 0. The zero-order valence-electron chi connectivity index (χ0n) is 12.6. The molecular formula is C16H20Cl2O4. The van der Waals surface area contributed by atoms with Crippen molar-refractivity contribution in [2.45, 2.75) is 45.4 Å². The molecule has 0 saturated carbocycles. The topological polar surface area (TPSA) is 52.6 Å². The molecule has 1 rings (SSSR count). The number of halogens is 2. The van der Waals surface area contributed by atoms with Gasteiger partial charge in [-0.2, -0.15) is 0 Å². The minimum Gasteiger partial charge on any atom is -0.466 e. The van der Waals surface area contributed by atoms with Crippen LogP contribution in [0.5, 0.6) is 5.75 Å². The van der Waals surface area contributed by atoms with Crippen LogP contribution in [0.3, 0.4) is 0 Å². The fourth-order valence-electron chi connectivity index (χ4n) is 1.73. The SMILES string of the molecule is CCCCCOC(=O)CCCC(=O)Oc1c(Cl)cccc1Cl. The lowest BCUT2D eigenvalue weighted by Gasteiger charge is -2.08. The van der Waals surface area contributed by atoms with Gasteiger partial charge < -0.3 is 9.47 Å². The van der Waals surface area contributed by atoms with Gasteiger partial charge in [-0.25, -0.2) is 0 Å². The van der Waals surface area contributed by atoms with Crippen LogP contribution in [0, 0.1) is 0 Å². The number of carbonyl (C=O) groups is 2. The van der Waals surface area contributed by atoms with Crippen molar-refractivity contribution in [2.75, 3.05) is 6.61 Å². The van der Waals surface area contributed by atoms with E-state index in [4.69, 9.17) is 32.7 Å². The van der Waals surface area contributed by atoms with Gasteiger partial charge in [0.25, 0.3) is 0 Å². The van der Waals surface area contributed by atoms with Crippen molar-refractivity contribution in [2.24, 2.45) is 0 Å². The third kappa shape index (κ3) is 7.14. The quantitative estimate of drug-likeness (QED) is 0.366. The Morgan fingerprint density at radius 2 is 1.64 bits per heavy atom. The van der Waals surface area contributed by atoms with Crippen molar-refractivity contribution < 1.29 is 19.1 Å². The van der Waals surface area contributed by atoms with Gasteiger partial charge in [-0.1, -0.05) is 49.0 Å². The molecule has 0 aliphatic carbocycles. The molecule has 122 valence electrons. The summed E-state index contributed by atoms with van der Waals surface area (Å²) in [6, 6.07) is 4.84. The second-order valence-corrected chi connectivity index (χ2v) is 5.62. The van der Waals surface area contributed by atoms with Crippen LogP contribution in [-0.2, 0) is 14.3 Å². The van der Waals surface area contributed by atoms with E-state index in [0.29, 0.717) is 13.0 Å². The molecule has 0 unspecified atom stereocenters. The van der Waals surface area contributed by atoms with Gasteiger partial charge in [-0.15, -0.1) is 0 Å². The first-order valence-corrected chi connectivity index (χ1v) is 8.10. The standard InChI is InChI=1S/C16H20Cl2O4/c1-2-3-4-11-21-14(19)9-6-10-15(20)22-16-12(17)7-5-8-13(16)18/h5,7-8H,2-4,6,9-11H2,1H3. The van der Waals surface area contributed by atoms with Crippen LogP contribution in [0.25, 0.3) is 0 Å². The molecule has 0 heterocycles. The molecule has 0 bridgehead atoms. The molecule has 6 heteroatoms. The lowest BCUT2D eigenvalue weighted by Crippen LogP contribution is -2.11. The van der Waals surface area contributed by atoms with Gasteiger partial charge in [0, 0.05) is 12.8 Å². The van der Waals surface area contributed by atoms with Crippen LogP contribution in [0.4, 0.5) is 0 Å². The van der Waals surface area contributed by atoms with Crippen LogP contribution in [0.2, 0.25) is 10.0 Å². The van der Waals surface area contributed by atoms with Gasteiger partial charge in [0.05, 0.1) is 16.7 Å². The van der Waals surface area contributed by atoms with Crippen molar-refractivity contribution >= 4 is 35.1 Å². The third-order valence-electron chi connectivity index (χ3n) is 2.91. The van der Waals surface area contributed by atoms with E-state index in [1.807, 2.05) is 0 Å². The maximum atomic E-state index is 11.7. The summed E-state index contributed by atoms with van der Waals surface area (Å²) in [5.74, 6) is -0.619. The molecule has 0 amide bonds. The largest absolute Gasteiger partial charge is 0.466 e. The van der Waals surface area contributed by atoms with E-state index in [1.54, 1.807) is 18.2 Å². The van der Waals surface area contributed by atoms with Gasteiger partial charge >= 0.3 is 11.9 Å². The first-order chi connectivity index (χ1) is 10.5. The number of esters is 2. The predicted molar refractivity (Wildman–Crippen MR) is 86.4 cm³/mol. The second-order valence-electron chi connectivity index (χ2n) is 4.81. The maximum absolute atomic E-state index is 11.7. The summed E-state index contributed by atoms with van der Waals surface area (Å²) in [5.41, 5.74) is 0.